The van der Waals surface area contributed by atoms with E-state index in [9.17, 15) is 9.90 Å². The molecule has 0 aliphatic carbocycles. The average Bonchev–Trinajstić information content (AvgIpc) is 3.32. The van der Waals surface area contributed by atoms with Crippen LogP contribution in [0.2, 0.25) is 0 Å². The van der Waals surface area contributed by atoms with Crippen molar-refractivity contribution >= 4 is 6.29 Å². The first kappa shape index (κ1) is 16.7. The van der Waals surface area contributed by atoms with E-state index >= 15 is 0 Å². The molecule has 0 saturated heterocycles. The fourth-order valence-electron chi connectivity index (χ4n) is 3.39. The molecule has 0 aromatic heterocycles. The minimum absolute atomic E-state index is 0.0671. The van der Waals surface area contributed by atoms with Crippen molar-refractivity contribution in [3.8, 4) is 23.0 Å². The minimum atomic E-state index is -0.300. The Labute approximate surface area is 151 Å². The summed E-state index contributed by atoms with van der Waals surface area (Å²) in [4.78, 5) is 11.7. The maximum absolute atomic E-state index is 11.7. The number of aliphatic hydroxyl groups excluding tert-OH is 1. The number of carbonyl (C=O) groups excluding carboxylic acids is 1. The predicted octanol–water partition coefficient (Wildman–Crippen LogP) is 2.35. The van der Waals surface area contributed by atoms with Crippen LogP contribution in [0.1, 0.15) is 11.1 Å². The molecule has 6 nitrogen and oxygen atoms in total. The predicted molar refractivity (Wildman–Crippen MR) is 92.7 cm³/mol. The Morgan fingerprint density at radius 2 is 1.38 bits per heavy atom. The second-order valence-corrected chi connectivity index (χ2v) is 6.53. The van der Waals surface area contributed by atoms with Crippen LogP contribution in [0, 0.1) is 11.8 Å². The molecule has 4 rings (SSSR count). The summed E-state index contributed by atoms with van der Waals surface area (Å²) in [6.07, 6.45) is 2.05. The van der Waals surface area contributed by atoms with Gasteiger partial charge in [0.15, 0.2) is 23.0 Å². The summed E-state index contributed by atoms with van der Waals surface area (Å²) in [7, 11) is 0. The minimum Gasteiger partial charge on any atom is -0.454 e. The van der Waals surface area contributed by atoms with Crippen LogP contribution in [0.15, 0.2) is 36.4 Å². The Morgan fingerprint density at radius 1 is 0.846 bits per heavy atom. The third kappa shape index (κ3) is 3.32. The Morgan fingerprint density at radius 3 is 1.92 bits per heavy atom. The lowest BCUT2D eigenvalue weighted by Crippen LogP contribution is -2.24. The molecule has 2 aromatic rings. The van der Waals surface area contributed by atoms with Gasteiger partial charge in [0.2, 0.25) is 13.6 Å². The average molecular weight is 356 g/mol. The normalized spacial score (nSPS) is 16.3. The molecule has 2 unspecified atom stereocenters. The van der Waals surface area contributed by atoms with Gasteiger partial charge >= 0.3 is 0 Å². The van der Waals surface area contributed by atoms with Crippen LogP contribution in [0.25, 0.3) is 0 Å². The number of aldehydes is 1. The van der Waals surface area contributed by atoms with Gasteiger partial charge in [0.1, 0.15) is 6.29 Å². The smallest absolute Gasteiger partial charge is 0.231 e. The zero-order chi connectivity index (χ0) is 17.9. The monoisotopic (exact) mass is 356 g/mol. The molecule has 136 valence electrons. The van der Waals surface area contributed by atoms with Gasteiger partial charge in [0, 0.05) is 12.5 Å². The molecule has 2 heterocycles. The maximum Gasteiger partial charge on any atom is 0.231 e. The highest BCUT2D eigenvalue weighted by Gasteiger charge is 2.24. The summed E-state index contributed by atoms with van der Waals surface area (Å²) in [6.45, 7) is 0.380. The van der Waals surface area contributed by atoms with Crippen LogP contribution < -0.4 is 18.9 Å². The van der Waals surface area contributed by atoms with Gasteiger partial charge in [0.25, 0.3) is 0 Å². The second kappa shape index (κ2) is 7.25. The molecule has 2 aliphatic heterocycles. The lowest BCUT2D eigenvalue weighted by atomic mass is 9.84. The second-order valence-electron chi connectivity index (χ2n) is 6.53. The van der Waals surface area contributed by atoms with Gasteiger partial charge in [-0.3, -0.25) is 0 Å². The van der Waals surface area contributed by atoms with E-state index < -0.39 is 0 Å². The molecule has 0 radical (unpaired) electrons. The molecule has 0 bridgehead atoms. The van der Waals surface area contributed by atoms with E-state index in [1.165, 1.54) is 0 Å². The van der Waals surface area contributed by atoms with Crippen molar-refractivity contribution in [3.63, 3.8) is 0 Å². The van der Waals surface area contributed by atoms with Crippen molar-refractivity contribution < 1.29 is 28.8 Å². The van der Waals surface area contributed by atoms with E-state index in [4.69, 9.17) is 18.9 Å². The van der Waals surface area contributed by atoms with E-state index in [1.54, 1.807) is 0 Å². The fraction of sp³-hybridized carbons (Fsp3) is 0.350. The summed E-state index contributed by atoms with van der Waals surface area (Å²) in [5, 5.41) is 9.86. The first-order chi connectivity index (χ1) is 12.8. The highest BCUT2D eigenvalue weighted by Crippen LogP contribution is 2.35. The molecule has 26 heavy (non-hydrogen) atoms. The molecule has 0 spiro atoms. The summed E-state index contributed by atoms with van der Waals surface area (Å²) < 4.78 is 21.4. The Balaban J connectivity index is 1.47. The van der Waals surface area contributed by atoms with Gasteiger partial charge in [-0.15, -0.1) is 0 Å². The van der Waals surface area contributed by atoms with Gasteiger partial charge in [-0.05, 0) is 54.2 Å². The van der Waals surface area contributed by atoms with Gasteiger partial charge in [-0.25, -0.2) is 0 Å². The molecule has 2 aromatic carbocycles. The highest BCUT2D eigenvalue weighted by molar-refractivity contribution is 5.56. The summed E-state index contributed by atoms with van der Waals surface area (Å²) >= 11 is 0. The molecule has 1 N–H and O–H groups in total. The largest absolute Gasteiger partial charge is 0.454 e. The van der Waals surface area contributed by atoms with Gasteiger partial charge < -0.3 is 28.8 Å². The molecule has 2 atom stereocenters. The van der Waals surface area contributed by atoms with E-state index in [-0.39, 0.29) is 32.0 Å². The molecule has 0 fully saturated rings. The van der Waals surface area contributed by atoms with Crippen molar-refractivity contribution in [3.05, 3.63) is 47.5 Å². The van der Waals surface area contributed by atoms with Crippen LogP contribution >= 0.6 is 0 Å². The van der Waals surface area contributed by atoms with E-state index in [1.807, 2.05) is 36.4 Å². The number of hydrogen-bond acceptors (Lipinski definition) is 6. The highest BCUT2D eigenvalue weighted by atomic mass is 16.7. The number of hydrogen-bond donors (Lipinski definition) is 1. The van der Waals surface area contributed by atoms with Crippen LogP contribution in [-0.2, 0) is 17.6 Å². The topological polar surface area (TPSA) is 74.2 Å². The zero-order valence-electron chi connectivity index (χ0n) is 14.2. The maximum atomic E-state index is 11.7. The number of carbonyl (C=O) groups is 1. The number of benzene rings is 2. The first-order valence-corrected chi connectivity index (χ1v) is 8.60. The SMILES string of the molecule is O=CC(Cc1ccc2c(c1)OCO2)C(CO)Cc1ccc2c(c1)OCO2. The van der Waals surface area contributed by atoms with Crippen molar-refractivity contribution in [1.82, 2.24) is 0 Å². The first-order valence-electron chi connectivity index (χ1n) is 8.60. The molecular weight excluding hydrogens is 336 g/mol. The molecular formula is C20H20O6. The quantitative estimate of drug-likeness (QED) is 0.768. The van der Waals surface area contributed by atoms with Gasteiger partial charge in [0.05, 0.1) is 0 Å². The zero-order valence-corrected chi connectivity index (χ0v) is 14.2. The van der Waals surface area contributed by atoms with Crippen molar-refractivity contribution in [2.24, 2.45) is 11.8 Å². The van der Waals surface area contributed by atoms with E-state index in [0.717, 1.165) is 28.9 Å². The molecule has 2 aliphatic rings. The number of rotatable bonds is 7. The third-order valence-corrected chi connectivity index (χ3v) is 4.86. The summed E-state index contributed by atoms with van der Waals surface area (Å²) in [5.41, 5.74) is 1.99. The van der Waals surface area contributed by atoms with E-state index in [2.05, 4.69) is 0 Å². The molecule has 6 heteroatoms. The number of aliphatic hydroxyl groups is 1. The van der Waals surface area contributed by atoms with Crippen molar-refractivity contribution in [2.45, 2.75) is 12.8 Å². The Hall–Kier alpha value is -2.73. The summed E-state index contributed by atoms with van der Waals surface area (Å²) in [6, 6.07) is 11.4. The third-order valence-electron chi connectivity index (χ3n) is 4.86. The van der Waals surface area contributed by atoms with E-state index in [0.29, 0.717) is 24.3 Å². The van der Waals surface area contributed by atoms with Crippen LogP contribution in [-0.4, -0.2) is 31.6 Å². The van der Waals surface area contributed by atoms with Crippen molar-refractivity contribution in [2.75, 3.05) is 20.2 Å². The lowest BCUT2D eigenvalue weighted by Gasteiger charge is -2.21. The number of fused-ring (bicyclic) bond motifs is 2. The summed E-state index contributed by atoms with van der Waals surface area (Å²) in [5.74, 6) is 2.36. The standard InChI is InChI=1S/C20H20O6/c21-9-15(5-13-1-3-17-19(7-13)25-11-23-17)16(10-22)6-14-2-4-18-20(8-14)26-12-24-18/h1-4,7-9,15-16,22H,5-6,10-12H2. The van der Waals surface area contributed by atoms with Crippen LogP contribution in [0.4, 0.5) is 0 Å². The molecule has 0 saturated carbocycles. The Bertz CT molecular complexity index is 803. The Kier molecular flexibility index (Phi) is 4.67. The lowest BCUT2D eigenvalue weighted by molar-refractivity contribution is -0.113. The van der Waals surface area contributed by atoms with Crippen LogP contribution in [0.5, 0.6) is 23.0 Å². The molecule has 0 amide bonds. The number of ether oxygens (including phenoxy) is 4. The van der Waals surface area contributed by atoms with Crippen LogP contribution in [0.3, 0.4) is 0 Å². The van der Waals surface area contributed by atoms with Crippen molar-refractivity contribution in [1.29, 1.82) is 0 Å². The van der Waals surface area contributed by atoms with Gasteiger partial charge in [-0.2, -0.15) is 0 Å². The van der Waals surface area contributed by atoms with Gasteiger partial charge in [-0.1, -0.05) is 12.1 Å². The fourth-order valence-corrected chi connectivity index (χ4v) is 3.39.